The van der Waals surface area contributed by atoms with Crippen LogP contribution in [0.15, 0.2) is 71.6 Å². The molecule has 0 saturated carbocycles. The van der Waals surface area contributed by atoms with Crippen LogP contribution in [-0.4, -0.2) is 14.3 Å². The van der Waals surface area contributed by atoms with Gasteiger partial charge in [0.05, 0.1) is 26.7 Å². The number of benzene rings is 3. The van der Waals surface area contributed by atoms with Crippen molar-refractivity contribution in [2.75, 3.05) is 0 Å². The zero-order chi connectivity index (χ0) is 29.0. The largest absolute Gasteiger partial charge is 0.417 e. The Labute approximate surface area is 229 Å². The van der Waals surface area contributed by atoms with E-state index in [0.29, 0.717) is 28.6 Å². The molecule has 0 bridgehead atoms. The van der Waals surface area contributed by atoms with Crippen molar-refractivity contribution in [3.8, 4) is 21.6 Å². The number of carbonyl (C=O) groups is 1. The Kier molecular flexibility index (Phi) is 6.82. The number of alkyl halides is 6. The van der Waals surface area contributed by atoms with Crippen LogP contribution >= 0.6 is 11.3 Å². The van der Waals surface area contributed by atoms with Gasteiger partial charge in [-0.15, -0.1) is 11.3 Å². The minimum atomic E-state index is -4.98. The average molecular weight is 596 g/mol. The summed E-state index contributed by atoms with van der Waals surface area (Å²) in [7, 11) is -4.07. The van der Waals surface area contributed by atoms with Gasteiger partial charge in [-0.05, 0) is 59.5 Å². The molecule has 2 heterocycles. The molecule has 1 aliphatic heterocycles. The summed E-state index contributed by atoms with van der Waals surface area (Å²) in [5, 5.41) is 2.78. The number of fused-ring (bicyclic) bond motifs is 3. The highest BCUT2D eigenvalue weighted by Gasteiger charge is 2.38. The molecule has 0 fully saturated rings. The van der Waals surface area contributed by atoms with Gasteiger partial charge in [-0.25, -0.2) is 8.42 Å². The second kappa shape index (κ2) is 9.77. The van der Waals surface area contributed by atoms with Gasteiger partial charge in [0.25, 0.3) is 5.91 Å². The van der Waals surface area contributed by atoms with E-state index >= 15 is 0 Å². The number of carbonyl (C=O) groups excluding carboxylic acids is 1. The van der Waals surface area contributed by atoms with E-state index in [1.807, 2.05) is 31.2 Å². The van der Waals surface area contributed by atoms with E-state index in [2.05, 4.69) is 5.32 Å². The smallest absolute Gasteiger partial charge is 0.347 e. The summed E-state index contributed by atoms with van der Waals surface area (Å²) in [6.45, 7) is 2.18. The number of nitrogens with one attached hydrogen (secondary N) is 1. The summed E-state index contributed by atoms with van der Waals surface area (Å²) in [5.74, 6) is -0.927. The molecule has 4 aromatic rings. The van der Waals surface area contributed by atoms with Crippen molar-refractivity contribution in [3.05, 3.63) is 99.4 Å². The molecular formula is C28H19F6NO3S2. The molecule has 4 nitrogen and oxygen atoms in total. The van der Waals surface area contributed by atoms with E-state index in [1.165, 1.54) is 12.1 Å². The van der Waals surface area contributed by atoms with Crippen molar-refractivity contribution < 1.29 is 39.6 Å². The van der Waals surface area contributed by atoms with Crippen LogP contribution in [0.5, 0.6) is 0 Å². The van der Waals surface area contributed by atoms with E-state index in [0.717, 1.165) is 34.6 Å². The third kappa shape index (κ3) is 5.37. The summed E-state index contributed by atoms with van der Waals surface area (Å²) in [5.41, 5.74) is -1.25. The predicted octanol–water partition coefficient (Wildman–Crippen LogP) is 7.65. The van der Waals surface area contributed by atoms with E-state index in [-0.39, 0.29) is 27.4 Å². The first-order chi connectivity index (χ1) is 18.6. The monoisotopic (exact) mass is 595 g/mol. The Morgan fingerprint density at radius 1 is 0.875 bits per heavy atom. The van der Waals surface area contributed by atoms with Gasteiger partial charge in [0, 0.05) is 17.0 Å². The quantitative estimate of drug-likeness (QED) is 0.247. The molecule has 0 unspecified atom stereocenters. The second-order valence-electron chi connectivity index (χ2n) is 9.36. The number of halogens is 6. The number of thiophene rings is 1. The van der Waals surface area contributed by atoms with Gasteiger partial charge in [-0.1, -0.05) is 42.0 Å². The van der Waals surface area contributed by atoms with Crippen molar-refractivity contribution >= 4 is 27.1 Å². The molecule has 0 aliphatic carbocycles. The van der Waals surface area contributed by atoms with Gasteiger partial charge < -0.3 is 5.32 Å². The molecule has 1 aliphatic rings. The molecule has 1 N–H and O–H groups in total. The first-order valence-electron chi connectivity index (χ1n) is 11.8. The molecule has 0 atom stereocenters. The highest BCUT2D eigenvalue weighted by molar-refractivity contribution is 7.91. The molecule has 40 heavy (non-hydrogen) atoms. The maximum atomic E-state index is 13.7. The van der Waals surface area contributed by atoms with Gasteiger partial charge in [0.1, 0.15) is 0 Å². The Morgan fingerprint density at radius 2 is 1.57 bits per heavy atom. The van der Waals surface area contributed by atoms with Crippen LogP contribution in [0.1, 0.15) is 37.5 Å². The average Bonchev–Trinajstić information content (AvgIpc) is 3.30. The Balaban J connectivity index is 1.53. The van der Waals surface area contributed by atoms with E-state index < -0.39 is 50.5 Å². The molecule has 1 aromatic heterocycles. The van der Waals surface area contributed by atoms with Crippen LogP contribution in [0.4, 0.5) is 26.3 Å². The number of aryl methyl sites for hydroxylation is 1. The summed E-state index contributed by atoms with van der Waals surface area (Å²) in [6, 6.07) is 13.4. The normalized spacial score (nSPS) is 14.4. The predicted molar refractivity (Wildman–Crippen MR) is 138 cm³/mol. The minimum Gasteiger partial charge on any atom is -0.347 e. The van der Waals surface area contributed by atoms with Gasteiger partial charge in [-0.2, -0.15) is 26.3 Å². The molecule has 12 heteroatoms. The number of sulfone groups is 1. The van der Waals surface area contributed by atoms with Crippen LogP contribution in [0.25, 0.3) is 21.6 Å². The van der Waals surface area contributed by atoms with Crippen LogP contribution in [0.2, 0.25) is 0 Å². The Bertz CT molecular complexity index is 1740. The van der Waals surface area contributed by atoms with Gasteiger partial charge in [0.15, 0.2) is 9.84 Å². The zero-order valence-corrected chi connectivity index (χ0v) is 22.2. The topological polar surface area (TPSA) is 63.2 Å². The van der Waals surface area contributed by atoms with Gasteiger partial charge >= 0.3 is 12.4 Å². The van der Waals surface area contributed by atoms with Crippen molar-refractivity contribution in [2.45, 2.75) is 36.5 Å². The van der Waals surface area contributed by atoms with Gasteiger partial charge in [-0.3, -0.25) is 4.79 Å². The highest BCUT2D eigenvalue weighted by Crippen LogP contribution is 2.46. The first kappa shape index (κ1) is 27.9. The fourth-order valence-electron chi connectivity index (χ4n) is 4.48. The number of hydrogen-bond acceptors (Lipinski definition) is 4. The fourth-order valence-corrected chi connectivity index (χ4v) is 7.37. The summed E-state index contributed by atoms with van der Waals surface area (Å²) in [4.78, 5) is 13.2. The van der Waals surface area contributed by atoms with E-state index in [1.54, 1.807) is 0 Å². The van der Waals surface area contributed by atoms with Crippen LogP contribution in [-0.2, 0) is 34.5 Å². The lowest BCUT2D eigenvalue weighted by Crippen LogP contribution is -2.21. The molecule has 3 aromatic carbocycles. The van der Waals surface area contributed by atoms with Crippen LogP contribution in [0.3, 0.4) is 0 Å². The van der Waals surface area contributed by atoms with Crippen molar-refractivity contribution in [1.82, 2.24) is 5.32 Å². The lowest BCUT2D eigenvalue weighted by atomic mass is 9.95. The third-order valence-electron chi connectivity index (χ3n) is 6.48. The zero-order valence-electron chi connectivity index (χ0n) is 20.6. The fraction of sp³-hybridized carbons (Fsp3) is 0.179. The lowest BCUT2D eigenvalue weighted by molar-refractivity contribution is -0.141. The third-order valence-corrected chi connectivity index (χ3v) is 9.38. The molecule has 1 amide bonds. The number of hydrogen-bond donors (Lipinski definition) is 1. The standard InChI is InChI=1S/C28H19F6NO3S2/c1-15-2-4-16(5-3-15)13-35-26(36)23-10-18-14-40(37,38)24-11-17(6-8-20(24)25(18)39-23)21-12-19(27(29,30)31)7-9-22(21)28(32,33)34/h2-12H,13-14H2,1H3,(H,35,36). The maximum absolute atomic E-state index is 13.7. The van der Waals surface area contributed by atoms with Crippen molar-refractivity contribution in [3.63, 3.8) is 0 Å². The van der Waals surface area contributed by atoms with E-state index in [4.69, 9.17) is 0 Å². The highest BCUT2D eigenvalue weighted by atomic mass is 32.2. The molecule has 0 saturated heterocycles. The maximum Gasteiger partial charge on any atom is 0.417 e. The molecule has 5 rings (SSSR count). The number of rotatable bonds is 4. The van der Waals surface area contributed by atoms with Crippen LogP contribution in [0, 0.1) is 6.92 Å². The molecule has 0 spiro atoms. The van der Waals surface area contributed by atoms with Crippen molar-refractivity contribution in [1.29, 1.82) is 0 Å². The molecular weight excluding hydrogens is 576 g/mol. The molecule has 208 valence electrons. The number of amides is 1. The van der Waals surface area contributed by atoms with Crippen molar-refractivity contribution in [2.24, 2.45) is 0 Å². The summed E-state index contributed by atoms with van der Waals surface area (Å²) >= 11 is 1.03. The first-order valence-corrected chi connectivity index (χ1v) is 14.2. The molecule has 0 radical (unpaired) electrons. The summed E-state index contributed by atoms with van der Waals surface area (Å²) in [6.07, 6.45) is -9.88. The Morgan fingerprint density at radius 3 is 2.23 bits per heavy atom. The minimum absolute atomic E-state index is 0.174. The van der Waals surface area contributed by atoms with Gasteiger partial charge in [0.2, 0.25) is 0 Å². The van der Waals surface area contributed by atoms with Crippen LogP contribution < -0.4 is 5.32 Å². The summed E-state index contributed by atoms with van der Waals surface area (Å²) < 4.78 is 107. The second-order valence-corrected chi connectivity index (χ2v) is 12.4. The SMILES string of the molecule is Cc1ccc(CNC(=O)c2cc3c(s2)-c2ccc(-c4cc(C(F)(F)F)ccc4C(F)(F)F)cc2S(=O)(=O)C3)cc1. The Hall–Kier alpha value is -3.64. The van der Waals surface area contributed by atoms with E-state index in [9.17, 15) is 39.6 Å². The lowest BCUT2D eigenvalue weighted by Gasteiger charge is -2.20.